The van der Waals surface area contributed by atoms with Gasteiger partial charge in [-0.25, -0.2) is 0 Å². The fourth-order valence-electron chi connectivity index (χ4n) is 2.57. The molecule has 23 heavy (non-hydrogen) atoms. The summed E-state index contributed by atoms with van der Waals surface area (Å²) < 4.78 is 5.07. The first-order chi connectivity index (χ1) is 11.1. The number of ether oxygens (including phenoxy) is 1. The number of hydrogen-bond donors (Lipinski definition) is 2. The van der Waals surface area contributed by atoms with Crippen LogP contribution in [-0.4, -0.2) is 23.9 Å². The highest BCUT2D eigenvalue weighted by Crippen LogP contribution is 2.33. The summed E-state index contributed by atoms with van der Waals surface area (Å²) in [4.78, 5) is 24.0. The number of Topliss-reactive ketones (excluding diaryl/α,β-unsaturated/α-hetero) is 1. The Labute approximate surface area is 133 Å². The van der Waals surface area contributed by atoms with E-state index in [1.165, 1.54) is 0 Å². The zero-order valence-electron chi connectivity index (χ0n) is 12.4. The van der Waals surface area contributed by atoms with E-state index in [0.29, 0.717) is 11.3 Å². The van der Waals surface area contributed by atoms with E-state index in [9.17, 15) is 14.7 Å². The Bertz CT molecular complexity index is 778. The van der Waals surface area contributed by atoms with E-state index in [-0.39, 0.29) is 11.3 Å². The summed E-state index contributed by atoms with van der Waals surface area (Å²) in [5.41, 5.74) is 1.25. The van der Waals surface area contributed by atoms with Crippen molar-refractivity contribution in [2.24, 2.45) is 0 Å². The summed E-state index contributed by atoms with van der Waals surface area (Å²) in [6.07, 6.45) is 0. The molecule has 1 aliphatic heterocycles. The van der Waals surface area contributed by atoms with E-state index in [0.717, 1.165) is 5.56 Å². The maximum Gasteiger partial charge on any atom is 0.293 e. The molecule has 1 aliphatic rings. The minimum Gasteiger partial charge on any atom is -0.507 e. The number of amides is 1. The molecule has 1 amide bonds. The lowest BCUT2D eigenvalue weighted by Gasteiger charge is -2.13. The van der Waals surface area contributed by atoms with Gasteiger partial charge in [0.25, 0.3) is 11.7 Å². The lowest BCUT2D eigenvalue weighted by atomic mass is 9.96. The molecule has 1 fully saturated rings. The number of aliphatic hydroxyl groups excluding tert-OH is 1. The van der Waals surface area contributed by atoms with Crippen molar-refractivity contribution in [1.82, 2.24) is 5.32 Å². The third-order valence-electron chi connectivity index (χ3n) is 3.77. The molecule has 0 radical (unpaired) electrons. The molecule has 1 saturated heterocycles. The minimum atomic E-state index is -0.716. The Morgan fingerprint density at radius 1 is 1.04 bits per heavy atom. The third kappa shape index (κ3) is 2.68. The normalized spacial score (nSPS) is 19.4. The van der Waals surface area contributed by atoms with Gasteiger partial charge in [0.05, 0.1) is 18.7 Å². The summed E-state index contributed by atoms with van der Waals surface area (Å²) in [6.45, 7) is 0. The fraction of sp³-hybridized carbons (Fsp3) is 0.111. The fourth-order valence-corrected chi connectivity index (χ4v) is 2.57. The van der Waals surface area contributed by atoms with Gasteiger partial charge in [-0.1, -0.05) is 30.3 Å². The average molecular weight is 309 g/mol. The van der Waals surface area contributed by atoms with E-state index in [1.54, 1.807) is 43.5 Å². The predicted octanol–water partition coefficient (Wildman–Crippen LogP) is 2.40. The summed E-state index contributed by atoms with van der Waals surface area (Å²) in [6, 6.07) is 15.0. The molecule has 116 valence electrons. The molecule has 2 aromatic rings. The first-order valence-electron chi connectivity index (χ1n) is 7.09. The van der Waals surface area contributed by atoms with Crippen molar-refractivity contribution in [3.05, 3.63) is 71.3 Å². The third-order valence-corrected chi connectivity index (χ3v) is 3.77. The number of aliphatic hydroxyl groups is 1. The molecule has 0 aliphatic carbocycles. The Balaban J connectivity index is 2.08. The van der Waals surface area contributed by atoms with Crippen LogP contribution in [0.2, 0.25) is 0 Å². The molecular formula is C18H15NO4. The van der Waals surface area contributed by atoms with Crippen LogP contribution >= 0.6 is 0 Å². The van der Waals surface area contributed by atoms with Gasteiger partial charge < -0.3 is 15.2 Å². The van der Waals surface area contributed by atoms with Gasteiger partial charge in [0.2, 0.25) is 0 Å². The number of rotatable bonds is 3. The first kappa shape index (κ1) is 14.8. The second kappa shape index (κ2) is 5.96. The highest BCUT2D eigenvalue weighted by molar-refractivity contribution is 6.46. The van der Waals surface area contributed by atoms with Crippen LogP contribution in [0.15, 0.2) is 60.2 Å². The minimum absolute atomic E-state index is 0.0615. The van der Waals surface area contributed by atoms with E-state index in [2.05, 4.69) is 5.32 Å². The maximum absolute atomic E-state index is 12.2. The molecule has 0 unspecified atom stereocenters. The number of nitrogens with one attached hydrogen (secondary N) is 1. The molecule has 2 aromatic carbocycles. The van der Waals surface area contributed by atoms with Crippen molar-refractivity contribution in [1.29, 1.82) is 0 Å². The molecule has 0 aromatic heterocycles. The van der Waals surface area contributed by atoms with Crippen LogP contribution < -0.4 is 10.1 Å². The summed E-state index contributed by atoms with van der Waals surface area (Å²) in [7, 11) is 1.54. The van der Waals surface area contributed by atoms with Gasteiger partial charge in [-0.05, 0) is 29.8 Å². The topological polar surface area (TPSA) is 75.6 Å². The molecule has 0 spiro atoms. The van der Waals surface area contributed by atoms with Crippen LogP contribution in [0.1, 0.15) is 17.2 Å². The predicted molar refractivity (Wildman–Crippen MR) is 84.9 cm³/mol. The zero-order chi connectivity index (χ0) is 16.4. The summed E-state index contributed by atoms with van der Waals surface area (Å²) >= 11 is 0. The second-order valence-electron chi connectivity index (χ2n) is 5.14. The van der Waals surface area contributed by atoms with Gasteiger partial charge in [0, 0.05) is 5.56 Å². The van der Waals surface area contributed by atoms with Crippen molar-refractivity contribution in [2.75, 3.05) is 7.11 Å². The van der Waals surface area contributed by atoms with E-state index >= 15 is 0 Å². The van der Waals surface area contributed by atoms with Gasteiger partial charge in [0.1, 0.15) is 11.5 Å². The van der Waals surface area contributed by atoms with Crippen molar-refractivity contribution in [3.8, 4) is 5.75 Å². The Hall–Kier alpha value is -3.08. The highest BCUT2D eigenvalue weighted by Gasteiger charge is 2.39. The summed E-state index contributed by atoms with van der Waals surface area (Å²) in [5, 5.41) is 13.1. The van der Waals surface area contributed by atoms with Crippen LogP contribution in [0.3, 0.4) is 0 Å². The molecule has 1 atom stereocenters. The van der Waals surface area contributed by atoms with E-state index in [4.69, 9.17) is 4.74 Å². The highest BCUT2D eigenvalue weighted by atomic mass is 16.5. The van der Waals surface area contributed by atoms with Gasteiger partial charge >= 0.3 is 0 Å². The quantitative estimate of drug-likeness (QED) is 0.518. The lowest BCUT2D eigenvalue weighted by Crippen LogP contribution is -2.21. The van der Waals surface area contributed by atoms with Gasteiger partial charge in [0.15, 0.2) is 0 Å². The second-order valence-corrected chi connectivity index (χ2v) is 5.14. The number of carbonyl (C=O) groups is 2. The van der Waals surface area contributed by atoms with E-state index in [1.807, 2.05) is 18.2 Å². The van der Waals surface area contributed by atoms with Crippen LogP contribution in [0.25, 0.3) is 5.76 Å². The smallest absolute Gasteiger partial charge is 0.293 e. The SMILES string of the molecule is COc1ccc(C(O)=C2C(=O)C(=O)N[C@@H]2c2ccccc2)cc1. The molecule has 0 bridgehead atoms. The molecule has 0 saturated carbocycles. The van der Waals surface area contributed by atoms with Crippen LogP contribution in [0.4, 0.5) is 0 Å². The van der Waals surface area contributed by atoms with Gasteiger partial charge in [-0.3, -0.25) is 9.59 Å². The average Bonchev–Trinajstić information content (AvgIpc) is 2.90. The van der Waals surface area contributed by atoms with Crippen molar-refractivity contribution < 1.29 is 19.4 Å². The van der Waals surface area contributed by atoms with Crippen molar-refractivity contribution in [3.63, 3.8) is 0 Å². The molecule has 5 nitrogen and oxygen atoms in total. The van der Waals surface area contributed by atoms with Crippen LogP contribution in [-0.2, 0) is 9.59 Å². The van der Waals surface area contributed by atoms with Gasteiger partial charge in [-0.15, -0.1) is 0 Å². The maximum atomic E-state index is 12.2. The summed E-state index contributed by atoms with van der Waals surface area (Å²) in [5.74, 6) is -0.996. The Morgan fingerprint density at radius 2 is 1.70 bits per heavy atom. The van der Waals surface area contributed by atoms with Crippen molar-refractivity contribution >= 4 is 17.4 Å². The number of hydrogen-bond acceptors (Lipinski definition) is 4. The number of benzene rings is 2. The zero-order valence-corrected chi connectivity index (χ0v) is 12.4. The molecule has 2 N–H and O–H groups in total. The first-order valence-corrected chi connectivity index (χ1v) is 7.09. The van der Waals surface area contributed by atoms with E-state index < -0.39 is 17.7 Å². The van der Waals surface area contributed by atoms with Gasteiger partial charge in [-0.2, -0.15) is 0 Å². The number of carbonyl (C=O) groups excluding carboxylic acids is 2. The standard InChI is InChI=1S/C18H15NO4/c1-23-13-9-7-12(8-10-13)16(20)14-15(19-18(22)17(14)21)11-5-3-2-4-6-11/h2-10,15,20H,1H3,(H,19,22)/t15-/m1/s1. The van der Waals surface area contributed by atoms with Crippen LogP contribution in [0.5, 0.6) is 5.75 Å². The molecule has 3 rings (SSSR count). The van der Waals surface area contributed by atoms with Crippen LogP contribution in [0, 0.1) is 0 Å². The molecular weight excluding hydrogens is 294 g/mol. The molecule has 1 heterocycles. The van der Waals surface area contributed by atoms with Crippen molar-refractivity contribution in [2.45, 2.75) is 6.04 Å². The molecule has 5 heteroatoms. The Morgan fingerprint density at radius 3 is 2.30 bits per heavy atom. The largest absolute Gasteiger partial charge is 0.507 e. The monoisotopic (exact) mass is 309 g/mol. The number of ketones is 1. The Kier molecular flexibility index (Phi) is 3.85. The number of methoxy groups -OCH3 is 1. The lowest BCUT2D eigenvalue weighted by molar-refractivity contribution is -0.133.